The summed E-state index contributed by atoms with van der Waals surface area (Å²) in [6, 6.07) is 8.87. The van der Waals surface area contributed by atoms with Crippen LogP contribution < -0.4 is 5.32 Å². The first-order valence-corrected chi connectivity index (χ1v) is 8.85. The molecular formula is C19H25N3O3. The molecule has 3 rings (SSSR count). The minimum atomic E-state index is -1.13. The van der Waals surface area contributed by atoms with E-state index in [2.05, 4.69) is 5.32 Å². The molecule has 2 aliphatic heterocycles. The number of imide groups is 1. The summed E-state index contributed by atoms with van der Waals surface area (Å²) in [6.45, 7) is 5.52. The number of rotatable bonds is 3. The molecule has 2 saturated heterocycles. The van der Waals surface area contributed by atoms with Crippen LogP contribution in [0.1, 0.15) is 45.6 Å². The number of carbonyl (C=O) groups is 3. The van der Waals surface area contributed by atoms with Crippen LogP contribution in [-0.2, 0) is 15.1 Å². The summed E-state index contributed by atoms with van der Waals surface area (Å²) in [7, 11) is 0. The molecule has 0 aliphatic carbocycles. The zero-order valence-electron chi connectivity index (χ0n) is 15.0. The Morgan fingerprint density at radius 1 is 1.16 bits per heavy atom. The maximum absolute atomic E-state index is 12.9. The van der Waals surface area contributed by atoms with Crippen LogP contribution in [-0.4, -0.2) is 46.3 Å². The second-order valence-electron chi connectivity index (χ2n) is 7.24. The molecule has 3 atom stereocenters. The summed E-state index contributed by atoms with van der Waals surface area (Å²) < 4.78 is 0. The molecule has 2 aliphatic rings. The van der Waals surface area contributed by atoms with E-state index in [-0.39, 0.29) is 30.4 Å². The predicted molar refractivity (Wildman–Crippen MR) is 93.7 cm³/mol. The van der Waals surface area contributed by atoms with Crippen LogP contribution in [0.5, 0.6) is 0 Å². The minimum Gasteiger partial charge on any atom is -0.336 e. The number of amides is 4. The lowest BCUT2D eigenvalue weighted by atomic mass is 9.92. The van der Waals surface area contributed by atoms with Gasteiger partial charge in [-0.3, -0.25) is 14.5 Å². The summed E-state index contributed by atoms with van der Waals surface area (Å²) in [5, 5.41) is 2.74. The molecule has 0 unspecified atom stereocenters. The molecule has 0 radical (unpaired) electrons. The number of hydrogen-bond acceptors (Lipinski definition) is 3. The zero-order valence-corrected chi connectivity index (χ0v) is 15.0. The molecule has 1 aromatic carbocycles. The first-order chi connectivity index (χ1) is 11.8. The van der Waals surface area contributed by atoms with Crippen LogP contribution >= 0.6 is 0 Å². The molecule has 1 aromatic rings. The number of carbonyl (C=O) groups excluding carboxylic acids is 3. The van der Waals surface area contributed by atoms with Gasteiger partial charge in [-0.1, -0.05) is 30.3 Å². The topological polar surface area (TPSA) is 69.7 Å². The standard InChI is InChI=1S/C19H25N3O3/c1-13-8-7-9-14(2)22(13)16(23)12-21-17(24)19(3,20-18(21)25)15-10-5-4-6-11-15/h4-6,10-11,13-14H,7-9,12H2,1-3H3,(H,20,25)/t13-,14-,19-/m1/s1. The highest BCUT2D eigenvalue weighted by molar-refractivity contribution is 6.09. The van der Waals surface area contributed by atoms with Crippen LogP contribution in [0.15, 0.2) is 30.3 Å². The van der Waals surface area contributed by atoms with Gasteiger partial charge in [0.25, 0.3) is 5.91 Å². The highest BCUT2D eigenvalue weighted by Crippen LogP contribution is 2.29. The van der Waals surface area contributed by atoms with Crippen molar-refractivity contribution in [2.75, 3.05) is 6.54 Å². The summed E-state index contributed by atoms with van der Waals surface area (Å²) in [4.78, 5) is 40.9. The fourth-order valence-corrected chi connectivity index (χ4v) is 3.94. The quantitative estimate of drug-likeness (QED) is 0.856. The van der Waals surface area contributed by atoms with Gasteiger partial charge in [0.15, 0.2) is 0 Å². The summed E-state index contributed by atoms with van der Waals surface area (Å²) in [5.74, 6) is -0.546. The van der Waals surface area contributed by atoms with E-state index in [9.17, 15) is 14.4 Å². The third-order valence-corrected chi connectivity index (χ3v) is 5.40. The molecular weight excluding hydrogens is 318 g/mol. The average Bonchev–Trinajstić information content (AvgIpc) is 2.80. The number of nitrogens with one attached hydrogen (secondary N) is 1. The lowest BCUT2D eigenvalue weighted by Crippen LogP contribution is -2.52. The predicted octanol–water partition coefficient (Wildman–Crippen LogP) is 2.24. The second kappa shape index (κ2) is 6.50. The monoisotopic (exact) mass is 343 g/mol. The van der Waals surface area contributed by atoms with Gasteiger partial charge in [0.2, 0.25) is 5.91 Å². The average molecular weight is 343 g/mol. The molecule has 2 heterocycles. The van der Waals surface area contributed by atoms with Crippen LogP contribution in [0.25, 0.3) is 0 Å². The lowest BCUT2D eigenvalue weighted by molar-refractivity contribution is -0.142. The van der Waals surface area contributed by atoms with Crippen LogP contribution in [0, 0.1) is 0 Å². The van der Waals surface area contributed by atoms with Gasteiger partial charge in [0.05, 0.1) is 0 Å². The molecule has 6 nitrogen and oxygen atoms in total. The van der Waals surface area contributed by atoms with Crippen molar-refractivity contribution in [2.45, 2.75) is 57.7 Å². The van der Waals surface area contributed by atoms with Crippen LogP contribution in [0.2, 0.25) is 0 Å². The number of likely N-dealkylation sites (tertiary alicyclic amines) is 1. The smallest absolute Gasteiger partial charge is 0.325 e. The summed E-state index contributed by atoms with van der Waals surface area (Å²) in [6.07, 6.45) is 3.01. The number of hydrogen-bond donors (Lipinski definition) is 1. The van der Waals surface area contributed by atoms with Gasteiger partial charge in [0, 0.05) is 12.1 Å². The van der Waals surface area contributed by atoms with Crippen molar-refractivity contribution < 1.29 is 14.4 Å². The fraction of sp³-hybridized carbons (Fsp3) is 0.526. The van der Waals surface area contributed by atoms with E-state index in [0.29, 0.717) is 5.56 Å². The van der Waals surface area contributed by atoms with Crippen molar-refractivity contribution in [3.05, 3.63) is 35.9 Å². The van der Waals surface area contributed by atoms with Crippen molar-refractivity contribution in [3.8, 4) is 0 Å². The SMILES string of the molecule is C[C@@H]1CCC[C@@H](C)N1C(=O)CN1C(=O)N[C@](C)(c2ccccc2)C1=O. The minimum absolute atomic E-state index is 0.137. The maximum atomic E-state index is 12.9. The van der Waals surface area contributed by atoms with E-state index in [0.717, 1.165) is 24.2 Å². The molecule has 1 N–H and O–H groups in total. The van der Waals surface area contributed by atoms with Gasteiger partial charge in [-0.2, -0.15) is 0 Å². The van der Waals surface area contributed by atoms with E-state index in [1.807, 2.05) is 36.9 Å². The lowest BCUT2D eigenvalue weighted by Gasteiger charge is -2.39. The zero-order chi connectivity index (χ0) is 18.2. The molecule has 4 amide bonds. The van der Waals surface area contributed by atoms with Crippen LogP contribution in [0.3, 0.4) is 0 Å². The van der Waals surface area contributed by atoms with E-state index < -0.39 is 11.6 Å². The fourth-order valence-electron chi connectivity index (χ4n) is 3.94. The Balaban J connectivity index is 1.78. The highest BCUT2D eigenvalue weighted by Gasteiger charge is 2.50. The third-order valence-electron chi connectivity index (χ3n) is 5.40. The van der Waals surface area contributed by atoms with Gasteiger partial charge in [0.1, 0.15) is 12.1 Å². The van der Waals surface area contributed by atoms with Crippen molar-refractivity contribution >= 4 is 17.8 Å². The van der Waals surface area contributed by atoms with E-state index in [1.165, 1.54) is 0 Å². The van der Waals surface area contributed by atoms with Crippen molar-refractivity contribution in [3.63, 3.8) is 0 Å². The van der Waals surface area contributed by atoms with E-state index in [1.54, 1.807) is 19.1 Å². The molecule has 25 heavy (non-hydrogen) atoms. The number of urea groups is 1. The van der Waals surface area contributed by atoms with Gasteiger partial charge in [-0.25, -0.2) is 4.79 Å². The Morgan fingerprint density at radius 2 is 1.76 bits per heavy atom. The number of piperidine rings is 1. The number of nitrogens with zero attached hydrogens (tertiary/aromatic N) is 2. The number of benzene rings is 1. The Hall–Kier alpha value is -2.37. The Labute approximate surface area is 148 Å². The van der Waals surface area contributed by atoms with Gasteiger partial charge >= 0.3 is 6.03 Å². The Morgan fingerprint density at radius 3 is 2.36 bits per heavy atom. The molecule has 0 bridgehead atoms. The molecule has 0 saturated carbocycles. The van der Waals surface area contributed by atoms with E-state index >= 15 is 0 Å². The normalized spacial score (nSPS) is 29.7. The van der Waals surface area contributed by atoms with Crippen LogP contribution in [0.4, 0.5) is 4.79 Å². The molecule has 0 aromatic heterocycles. The second-order valence-corrected chi connectivity index (χ2v) is 7.24. The third kappa shape index (κ3) is 3.01. The van der Waals surface area contributed by atoms with E-state index in [4.69, 9.17) is 0 Å². The maximum Gasteiger partial charge on any atom is 0.325 e. The summed E-state index contributed by atoms with van der Waals surface area (Å²) >= 11 is 0. The first-order valence-electron chi connectivity index (χ1n) is 8.85. The summed E-state index contributed by atoms with van der Waals surface area (Å²) in [5.41, 5.74) is -0.416. The highest BCUT2D eigenvalue weighted by atomic mass is 16.2. The van der Waals surface area contributed by atoms with Gasteiger partial charge in [-0.15, -0.1) is 0 Å². The molecule has 134 valence electrons. The Kier molecular flexibility index (Phi) is 4.54. The van der Waals surface area contributed by atoms with Crippen molar-refractivity contribution in [1.82, 2.24) is 15.1 Å². The molecule has 6 heteroatoms. The van der Waals surface area contributed by atoms with Gasteiger partial charge < -0.3 is 10.2 Å². The Bertz CT molecular complexity index is 680. The van der Waals surface area contributed by atoms with Crippen molar-refractivity contribution in [2.24, 2.45) is 0 Å². The van der Waals surface area contributed by atoms with Crippen molar-refractivity contribution in [1.29, 1.82) is 0 Å². The largest absolute Gasteiger partial charge is 0.336 e. The first kappa shape index (κ1) is 17.5. The van der Waals surface area contributed by atoms with Gasteiger partial charge in [-0.05, 0) is 45.6 Å². The molecule has 2 fully saturated rings. The molecule has 0 spiro atoms.